The molecule has 0 aromatic carbocycles. The third kappa shape index (κ3) is 3.01. The molecule has 66 valence electrons. The second-order valence-corrected chi connectivity index (χ2v) is 4.36. The van der Waals surface area contributed by atoms with Crippen molar-refractivity contribution in [2.45, 2.75) is 37.7 Å². The highest BCUT2D eigenvalue weighted by molar-refractivity contribution is 8.00. The van der Waals surface area contributed by atoms with E-state index in [0.29, 0.717) is 11.4 Å². The van der Waals surface area contributed by atoms with Crippen LogP contribution in [0, 0.1) is 0 Å². The second kappa shape index (κ2) is 4.33. The van der Waals surface area contributed by atoms with Crippen molar-refractivity contribution in [2.24, 2.45) is 0 Å². The topological polar surface area (TPSA) is 29.5 Å². The zero-order chi connectivity index (χ0) is 8.27. The lowest BCUT2D eigenvalue weighted by atomic mass is 10.3. The van der Waals surface area contributed by atoms with E-state index in [2.05, 4.69) is 6.92 Å². The molecule has 1 rings (SSSR count). The van der Waals surface area contributed by atoms with Crippen molar-refractivity contribution in [1.82, 2.24) is 0 Å². The van der Waals surface area contributed by atoms with E-state index in [9.17, 15) is 0 Å². The van der Waals surface area contributed by atoms with Crippen molar-refractivity contribution < 1.29 is 9.84 Å². The summed E-state index contributed by atoms with van der Waals surface area (Å²) in [5.41, 5.74) is 0. The van der Waals surface area contributed by atoms with E-state index >= 15 is 0 Å². The molecule has 0 bridgehead atoms. The molecule has 3 heteroatoms. The quantitative estimate of drug-likeness (QED) is 0.702. The number of hydrogen-bond acceptors (Lipinski definition) is 3. The summed E-state index contributed by atoms with van der Waals surface area (Å²) in [6, 6.07) is 0. The van der Waals surface area contributed by atoms with Gasteiger partial charge in [-0.2, -0.15) is 11.8 Å². The van der Waals surface area contributed by atoms with Gasteiger partial charge in [-0.05, 0) is 20.3 Å². The maximum absolute atomic E-state index is 9.04. The predicted molar refractivity (Wildman–Crippen MR) is 48.0 cm³/mol. The molecular formula is C8H16O2S. The van der Waals surface area contributed by atoms with Crippen LogP contribution < -0.4 is 0 Å². The molecule has 0 aromatic rings. The molecule has 1 heterocycles. The minimum atomic E-state index is -0.187. The maximum Gasteiger partial charge on any atom is 0.0666 e. The molecule has 11 heavy (non-hydrogen) atoms. The summed E-state index contributed by atoms with van der Waals surface area (Å²) in [6.07, 6.45) is 1.32. The molecule has 1 fully saturated rings. The maximum atomic E-state index is 9.04. The minimum absolute atomic E-state index is 0.187. The standard InChI is InChI=1S/C8H16O2S/c1-6(9)5-11-8-3-4-10-7(8)2/h6-9H,3-5H2,1-2H3/t6-,7?,8?/m1/s1. The van der Waals surface area contributed by atoms with Gasteiger partial charge in [-0.15, -0.1) is 0 Å². The lowest BCUT2D eigenvalue weighted by molar-refractivity contribution is 0.127. The first-order chi connectivity index (χ1) is 5.20. The molecule has 1 N–H and O–H groups in total. The number of ether oxygens (including phenoxy) is 1. The first-order valence-electron chi connectivity index (χ1n) is 4.11. The van der Waals surface area contributed by atoms with Gasteiger partial charge in [0.2, 0.25) is 0 Å². The molecule has 2 nitrogen and oxygen atoms in total. The molecule has 1 saturated heterocycles. The van der Waals surface area contributed by atoms with Crippen LogP contribution in [0.1, 0.15) is 20.3 Å². The summed E-state index contributed by atoms with van der Waals surface area (Å²) in [7, 11) is 0. The van der Waals surface area contributed by atoms with E-state index in [1.165, 1.54) is 0 Å². The third-order valence-electron chi connectivity index (χ3n) is 1.86. The first-order valence-corrected chi connectivity index (χ1v) is 5.16. The van der Waals surface area contributed by atoms with Crippen LogP contribution in [-0.4, -0.2) is 34.9 Å². The number of hydrogen-bond donors (Lipinski definition) is 1. The molecule has 0 aliphatic carbocycles. The normalized spacial score (nSPS) is 34.1. The summed E-state index contributed by atoms with van der Waals surface area (Å²) in [5, 5.41) is 9.64. The Kier molecular flexibility index (Phi) is 3.69. The molecule has 1 aliphatic heterocycles. The van der Waals surface area contributed by atoms with Crippen LogP contribution in [0.4, 0.5) is 0 Å². The largest absolute Gasteiger partial charge is 0.393 e. The Bertz CT molecular complexity index is 117. The van der Waals surface area contributed by atoms with Crippen molar-refractivity contribution in [3.63, 3.8) is 0 Å². The Morgan fingerprint density at radius 2 is 2.45 bits per heavy atom. The Balaban J connectivity index is 2.15. The predicted octanol–water partition coefficient (Wildman–Crippen LogP) is 1.28. The van der Waals surface area contributed by atoms with Gasteiger partial charge in [0.15, 0.2) is 0 Å². The summed E-state index contributed by atoms with van der Waals surface area (Å²) in [6.45, 7) is 4.82. The van der Waals surface area contributed by atoms with Gasteiger partial charge in [0.25, 0.3) is 0 Å². The fourth-order valence-electron chi connectivity index (χ4n) is 1.19. The van der Waals surface area contributed by atoms with Crippen molar-refractivity contribution in [3.8, 4) is 0 Å². The van der Waals surface area contributed by atoms with Gasteiger partial charge in [-0.1, -0.05) is 0 Å². The van der Waals surface area contributed by atoms with Gasteiger partial charge >= 0.3 is 0 Å². The number of rotatable bonds is 3. The fourth-order valence-corrected chi connectivity index (χ4v) is 2.33. The summed E-state index contributed by atoms with van der Waals surface area (Å²) < 4.78 is 5.40. The van der Waals surface area contributed by atoms with Crippen LogP contribution in [0.2, 0.25) is 0 Å². The van der Waals surface area contributed by atoms with Gasteiger partial charge in [0.05, 0.1) is 12.2 Å². The van der Waals surface area contributed by atoms with Crippen LogP contribution in [0.5, 0.6) is 0 Å². The zero-order valence-corrected chi connectivity index (χ0v) is 7.93. The van der Waals surface area contributed by atoms with Crippen molar-refractivity contribution in [2.75, 3.05) is 12.4 Å². The highest BCUT2D eigenvalue weighted by atomic mass is 32.2. The molecule has 0 radical (unpaired) electrons. The fraction of sp³-hybridized carbons (Fsp3) is 1.00. The summed E-state index contributed by atoms with van der Waals surface area (Å²) in [4.78, 5) is 0. The van der Waals surface area contributed by atoms with E-state index in [-0.39, 0.29) is 6.10 Å². The zero-order valence-electron chi connectivity index (χ0n) is 7.12. The van der Waals surface area contributed by atoms with Gasteiger partial charge in [-0.25, -0.2) is 0 Å². The molecule has 0 amide bonds. The summed E-state index contributed by atoms with van der Waals surface area (Å²) >= 11 is 1.83. The van der Waals surface area contributed by atoms with Gasteiger partial charge in [0, 0.05) is 17.6 Å². The second-order valence-electron chi connectivity index (χ2n) is 3.09. The van der Waals surface area contributed by atoms with Crippen LogP contribution in [0.3, 0.4) is 0 Å². The molecule has 0 saturated carbocycles. The van der Waals surface area contributed by atoms with E-state index in [0.717, 1.165) is 18.8 Å². The lowest BCUT2D eigenvalue weighted by Gasteiger charge is -2.13. The molecule has 0 aromatic heterocycles. The Morgan fingerprint density at radius 3 is 2.91 bits per heavy atom. The molecule has 2 unspecified atom stereocenters. The minimum Gasteiger partial charge on any atom is -0.393 e. The molecular weight excluding hydrogens is 160 g/mol. The van der Waals surface area contributed by atoms with Crippen LogP contribution in [0.25, 0.3) is 0 Å². The van der Waals surface area contributed by atoms with E-state index in [4.69, 9.17) is 9.84 Å². The smallest absolute Gasteiger partial charge is 0.0666 e. The number of aliphatic hydroxyl groups is 1. The van der Waals surface area contributed by atoms with Crippen molar-refractivity contribution in [1.29, 1.82) is 0 Å². The highest BCUT2D eigenvalue weighted by Gasteiger charge is 2.24. The van der Waals surface area contributed by atoms with Crippen LogP contribution >= 0.6 is 11.8 Å². The Morgan fingerprint density at radius 1 is 1.73 bits per heavy atom. The SMILES string of the molecule is CC1OCCC1SC[C@@H](C)O. The van der Waals surface area contributed by atoms with Gasteiger partial charge in [-0.3, -0.25) is 0 Å². The third-order valence-corrected chi connectivity index (χ3v) is 3.58. The molecule has 1 aliphatic rings. The molecule has 3 atom stereocenters. The van der Waals surface area contributed by atoms with Gasteiger partial charge < -0.3 is 9.84 Å². The average molecular weight is 176 g/mol. The highest BCUT2D eigenvalue weighted by Crippen LogP contribution is 2.26. The first kappa shape index (κ1) is 9.36. The number of aliphatic hydroxyl groups excluding tert-OH is 1. The van der Waals surface area contributed by atoms with E-state index in [1.54, 1.807) is 0 Å². The average Bonchev–Trinajstić information content (AvgIpc) is 2.31. The number of thioether (sulfide) groups is 1. The lowest BCUT2D eigenvalue weighted by Crippen LogP contribution is -2.16. The Hall–Kier alpha value is 0.270. The Labute approximate surface area is 72.3 Å². The van der Waals surface area contributed by atoms with E-state index < -0.39 is 0 Å². The van der Waals surface area contributed by atoms with Crippen molar-refractivity contribution in [3.05, 3.63) is 0 Å². The van der Waals surface area contributed by atoms with Crippen LogP contribution in [-0.2, 0) is 4.74 Å². The molecule has 0 spiro atoms. The van der Waals surface area contributed by atoms with Crippen molar-refractivity contribution >= 4 is 11.8 Å². The monoisotopic (exact) mass is 176 g/mol. The summed E-state index contributed by atoms with van der Waals surface area (Å²) in [5.74, 6) is 0.832. The van der Waals surface area contributed by atoms with E-state index in [1.807, 2.05) is 18.7 Å². The van der Waals surface area contributed by atoms with Gasteiger partial charge in [0.1, 0.15) is 0 Å². The van der Waals surface area contributed by atoms with Crippen LogP contribution in [0.15, 0.2) is 0 Å².